The number of piperazine rings is 1. The predicted octanol–water partition coefficient (Wildman–Crippen LogP) is 3.22. The molecule has 1 aliphatic carbocycles. The molecule has 0 spiro atoms. The molecular weight excluding hydrogens is 350 g/mol. The summed E-state index contributed by atoms with van der Waals surface area (Å²) in [6.07, 6.45) is 7.74. The fourth-order valence-electron chi connectivity index (χ4n) is 4.28. The first-order valence-electron chi connectivity index (χ1n) is 10.7. The number of nitrogens with one attached hydrogen (secondary N) is 1. The van der Waals surface area contributed by atoms with Crippen LogP contribution in [0, 0.1) is 0 Å². The molecule has 2 aliphatic rings. The molecule has 0 atom stereocenters. The Kier molecular flexibility index (Phi) is 5.76. The topological polar surface area (TPSA) is 61.4 Å². The fourth-order valence-corrected chi connectivity index (χ4v) is 4.28. The molecule has 1 aromatic carbocycles. The summed E-state index contributed by atoms with van der Waals surface area (Å²) in [5, 5.41) is 3.19. The Hall–Kier alpha value is -2.21. The number of amides is 1. The number of aromatic nitrogens is 2. The van der Waals surface area contributed by atoms with Crippen LogP contribution < -0.4 is 10.2 Å². The van der Waals surface area contributed by atoms with E-state index in [1.54, 1.807) is 0 Å². The molecule has 28 heavy (non-hydrogen) atoms. The number of nitrogens with zero attached hydrogens (tertiary/aromatic N) is 4. The molecule has 0 unspecified atom stereocenters. The molecule has 2 heterocycles. The molecule has 1 N–H and O–H groups in total. The number of anilines is 1. The van der Waals surface area contributed by atoms with Crippen LogP contribution >= 0.6 is 0 Å². The van der Waals surface area contributed by atoms with E-state index in [0.29, 0.717) is 17.6 Å². The SMILES string of the molecule is CC(C)N1CCN(c2cnc3ccc(C(=O)NC4CCCCC4)cc3n2)CC1. The monoisotopic (exact) mass is 381 g/mol. The summed E-state index contributed by atoms with van der Waals surface area (Å²) in [5.74, 6) is 0.910. The molecule has 1 amide bonds. The third-order valence-corrected chi connectivity index (χ3v) is 6.10. The normalized spacial score (nSPS) is 19.3. The highest BCUT2D eigenvalue weighted by atomic mass is 16.1. The van der Waals surface area contributed by atoms with Gasteiger partial charge in [-0.3, -0.25) is 14.7 Å². The van der Waals surface area contributed by atoms with Gasteiger partial charge in [-0.1, -0.05) is 19.3 Å². The van der Waals surface area contributed by atoms with Crippen molar-refractivity contribution >= 4 is 22.8 Å². The van der Waals surface area contributed by atoms with Crippen molar-refractivity contribution in [3.05, 3.63) is 30.0 Å². The lowest BCUT2D eigenvalue weighted by molar-refractivity contribution is 0.0928. The van der Waals surface area contributed by atoms with Crippen molar-refractivity contribution < 1.29 is 4.79 Å². The zero-order valence-electron chi connectivity index (χ0n) is 17.0. The van der Waals surface area contributed by atoms with Crippen molar-refractivity contribution in [3.8, 4) is 0 Å². The van der Waals surface area contributed by atoms with Gasteiger partial charge < -0.3 is 10.2 Å². The van der Waals surface area contributed by atoms with E-state index in [1.807, 2.05) is 24.4 Å². The second-order valence-corrected chi connectivity index (χ2v) is 8.36. The van der Waals surface area contributed by atoms with E-state index in [-0.39, 0.29) is 5.91 Å². The average molecular weight is 382 g/mol. The summed E-state index contributed by atoms with van der Waals surface area (Å²) in [7, 11) is 0. The highest BCUT2D eigenvalue weighted by Gasteiger charge is 2.21. The third kappa shape index (κ3) is 4.27. The maximum absolute atomic E-state index is 12.7. The fraction of sp³-hybridized carbons (Fsp3) is 0.591. The first-order chi connectivity index (χ1) is 13.6. The van der Waals surface area contributed by atoms with Crippen LogP contribution in [0.25, 0.3) is 11.0 Å². The maximum atomic E-state index is 12.7. The van der Waals surface area contributed by atoms with Crippen LogP contribution in [0.5, 0.6) is 0 Å². The van der Waals surface area contributed by atoms with Gasteiger partial charge in [0.15, 0.2) is 0 Å². The molecule has 6 nitrogen and oxygen atoms in total. The molecule has 2 fully saturated rings. The van der Waals surface area contributed by atoms with E-state index in [0.717, 1.165) is 55.9 Å². The molecule has 2 aromatic rings. The number of hydrogen-bond acceptors (Lipinski definition) is 5. The molecular formula is C22H31N5O. The predicted molar refractivity (Wildman–Crippen MR) is 113 cm³/mol. The second kappa shape index (κ2) is 8.43. The van der Waals surface area contributed by atoms with Gasteiger partial charge in [0.1, 0.15) is 5.82 Å². The van der Waals surface area contributed by atoms with Gasteiger partial charge in [0.25, 0.3) is 5.91 Å². The second-order valence-electron chi connectivity index (χ2n) is 8.36. The van der Waals surface area contributed by atoms with Crippen molar-refractivity contribution in [3.63, 3.8) is 0 Å². The zero-order chi connectivity index (χ0) is 19.5. The van der Waals surface area contributed by atoms with Crippen LogP contribution in [0.4, 0.5) is 5.82 Å². The number of carbonyl (C=O) groups excluding carboxylic acids is 1. The van der Waals surface area contributed by atoms with E-state index in [4.69, 9.17) is 4.98 Å². The Balaban J connectivity index is 1.48. The van der Waals surface area contributed by atoms with E-state index in [1.165, 1.54) is 19.3 Å². The molecule has 0 bridgehead atoms. The van der Waals surface area contributed by atoms with Crippen LogP contribution in [0.2, 0.25) is 0 Å². The molecule has 0 radical (unpaired) electrons. The van der Waals surface area contributed by atoms with Gasteiger partial charge in [-0.2, -0.15) is 0 Å². The van der Waals surface area contributed by atoms with Gasteiger partial charge in [-0.05, 0) is 44.9 Å². The van der Waals surface area contributed by atoms with Gasteiger partial charge >= 0.3 is 0 Å². The molecule has 1 aliphatic heterocycles. The zero-order valence-corrected chi connectivity index (χ0v) is 17.0. The summed E-state index contributed by atoms with van der Waals surface area (Å²) >= 11 is 0. The minimum atomic E-state index is 0.00607. The molecule has 1 saturated carbocycles. The highest BCUT2D eigenvalue weighted by molar-refractivity contribution is 5.97. The van der Waals surface area contributed by atoms with Crippen molar-refractivity contribution in [2.24, 2.45) is 0 Å². The third-order valence-electron chi connectivity index (χ3n) is 6.10. The average Bonchev–Trinajstić information content (AvgIpc) is 2.73. The van der Waals surface area contributed by atoms with Crippen molar-refractivity contribution in [1.82, 2.24) is 20.2 Å². The highest BCUT2D eigenvalue weighted by Crippen LogP contribution is 2.21. The lowest BCUT2D eigenvalue weighted by Crippen LogP contribution is -2.49. The van der Waals surface area contributed by atoms with Crippen LogP contribution in [-0.4, -0.2) is 59.0 Å². The van der Waals surface area contributed by atoms with Crippen molar-refractivity contribution in [2.75, 3.05) is 31.1 Å². The number of rotatable bonds is 4. The van der Waals surface area contributed by atoms with Crippen molar-refractivity contribution in [1.29, 1.82) is 0 Å². The van der Waals surface area contributed by atoms with Crippen LogP contribution in [-0.2, 0) is 0 Å². The molecule has 1 aromatic heterocycles. The summed E-state index contributed by atoms with van der Waals surface area (Å²) in [4.78, 5) is 26.8. The lowest BCUT2D eigenvalue weighted by Gasteiger charge is -2.37. The van der Waals surface area contributed by atoms with Gasteiger partial charge in [-0.15, -0.1) is 0 Å². The van der Waals surface area contributed by atoms with Crippen LogP contribution in [0.15, 0.2) is 24.4 Å². The van der Waals surface area contributed by atoms with E-state index >= 15 is 0 Å². The smallest absolute Gasteiger partial charge is 0.251 e. The lowest BCUT2D eigenvalue weighted by atomic mass is 9.95. The number of carbonyl (C=O) groups is 1. The first-order valence-corrected chi connectivity index (χ1v) is 10.7. The maximum Gasteiger partial charge on any atom is 0.251 e. The summed E-state index contributed by atoms with van der Waals surface area (Å²) in [6, 6.07) is 6.53. The van der Waals surface area contributed by atoms with Gasteiger partial charge in [0.05, 0.1) is 17.2 Å². The molecule has 6 heteroatoms. The summed E-state index contributed by atoms with van der Waals surface area (Å²) in [6.45, 7) is 8.49. The minimum absolute atomic E-state index is 0.00607. The van der Waals surface area contributed by atoms with Gasteiger partial charge in [0, 0.05) is 43.8 Å². The van der Waals surface area contributed by atoms with Crippen LogP contribution in [0.3, 0.4) is 0 Å². The molecule has 4 rings (SSSR count). The summed E-state index contributed by atoms with van der Waals surface area (Å²) in [5.41, 5.74) is 2.30. The standard InChI is InChI=1S/C22H31N5O/c1-16(2)26-10-12-27(13-11-26)21-15-23-19-9-8-17(14-20(19)25-21)22(28)24-18-6-4-3-5-7-18/h8-9,14-16,18H,3-7,10-13H2,1-2H3,(H,24,28). The number of fused-ring (bicyclic) bond motifs is 1. The Morgan fingerprint density at radius 1 is 1.07 bits per heavy atom. The Bertz CT molecular complexity index is 823. The van der Waals surface area contributed by atoms with E-state index in [9.17, 15) is 4.79 Å². The number of hydrogen-bond donors (Lipinski definition) is 1. The molecule has 1 saturated heterocycles. The van der Waals surface area contributed by atoms with Crippen LogP contribution in [0.1, 0.15) is 56.3 Å². The number of benzene rings is 1. The Morgan fingerprint density at radius 2 is 1.82 bits per heavy atom. The quantitative estimate of drug-likeness (QED) is 0.881. The first kappa shape index (κ1) is 19.1. The van der Waals surface area contributed by atoms with E-state index in [2.05, 4.69) is 33.9 Å². The minimum Gasteiger partial charge on any atom is -0.353 e. The van der Waals surface area contributed by atoms with Gasteiger partial charge in [0.2, 0.25) is 0 Å². The molecule has 150 valence electrons. The Labute approximate surface area is 167 Å². The van der Waals surface area contributed by atoms with Crippen molar-refractivity contribution in [2.45, 2.75) is 58.0 Å². The Morgan fingerprint density at radius 3 is 2.54 bits per heavy atom. The summed E-state index contributed by atoms with van der Waals surface area (Å²) < 4.78 is 0. The van der Waals surface area contributed by atoms with Gasteiger partial charge in [-0.25, -0.2) is 4.98 Å². The largest absolute Gasteiger partial charge is 0.353 e. The van der Waals surface area contributed by atoms with E-state index < -0.39 is 0 Å².